The molecule has 5 fully saturated rings. The molecule has 4 N–H and O–H groups in total. The van der Waals surface area contributed by atoms with E-state index in [1.54, 1.807) is 6.07 Å². The second-order valence-corrected chi connectivity index (χ2v) is 13.9. The smallest absolute Gasteiger partial charge is 0.318 e. The molecule has 6 atom stereocenters. The number of carbonyl (C=O) groups is 1. The van der Waals surface area contributed by atoms with Crippen molar-refractivity contribution in [2.75, 3.05) is 43.4 Å². The summed E-state index contributed by atoms with van der Waals surface area (Å²) in [5.74, 6) is 3.78. The Morgan fingerprint density at radius 3 is 3.00 bits per heavy atom. The van der Waals surface area contributed by atoms with E-state index in [1.165, 1.54) is 0 Å². The molecule has 1 aromatic carbocycles. The van der Waals surface area contributed by atoms with Gasteiger partial charge in [0.05, 0.1) is 27.9 Å². The number of nitrogens with two attached hydrogens (primary N) is 1. The maximum absolute atomic E-state index is 14.6. The first-order chi connectivity index (χ1) is 22.8. The standard InChI is InChI=1S/C34H39FN8O4/c1-20-5-2-12-45-17-25-27(13-23-22(20)6-7-26(37)24(23)15-36)38-32(46-19-33-8-3-11-43(33)16-21(35)14-33)39-29(25)42-10-4-9-34(18-42)28-30(47-28)40-31(44)41-34/h6-7,20-21,28,30H,3-5,8-11,13-14,16-19,37H2,1H3,(H2,40,41,44)/t20-,21+,28?,30?,33-,34-/m0/s1. The van der Waals surface area contributed by atoms with Gasteiger partial charge in [0, 0.05) is 44.6 Å². The van der Waals surface area contributed by atoms with Crippen LogP contribution in [0.4, 0.5) is 20.7 Å². The van der Waals surface area contributed by atoms with Gasteiger partial charge in [0.15, 0.2) is 6.23 Å². The zero-order chi connectivity index (χ0) is 32.3. The monoisotopic (exact) mass is 642 g/mol. The molecule has 2 unspecified atom stereocenters. The molecule has 8 rings (SSSR count). The fourth-order valence-electron chi connectivity index (χ4n) is 8.56. The van der Waals surface area contributed by atoms with E-state index in [1.807, 2.05) is 6.07 Å². The number of nitrogens with zero attached hydrogens (tertiary/aromatic N) is 5. The number of halogens is 1. The van der Waals surface area contributed by atoms with Gasteiger partial charge in [-0.1, -0.05) is 18.9 Å². The summed E-state index contributed by atoms with van der Waals surface area (Å²) < 4.78 is 32.9. The maximum Gasteiger partial charge on any atom is 0.318 e. The van der Waals surface area contributed by atoms with E-state index >= 15 is 0 Å². The van der Waals surface area contributed by atoms with Crippen molar-refractivity contribution in [2.45, 2.75) is 94.0 Å². The Morgan fingerprint density at radius 1 is 1.26 bits per heavy atom. The Hall–Kier alpha value is -4.33. The molecule has 1 spiro atoms. The number of benzene rings is 1. The van der Waals surface area contributed by atoms with Gasteiger partial charge in [-0.3, -0.25) is 4.90 Å². The third kappa shape index (κ3) is 5.26. The highest BCUT2D eigenvalue weighted by molar-refractivity contribution is 5.77. The van der Waals surface area contributed by atoms with Gasteiger partial charge in [0.1, 0.15) is 43.5 Å². The lowest BCUT2D eigenvalue weighted by atomic mass is 9.84. The number of fused-ring (bicyclic) bond motifs is 5. The molecule has 2 amide bonds. The largest absolute Gasteiger partial charge is 0.461 e. The molecule has 2 aromatic rings. The van der Waals surface area contributed by atoms with Gasteiger partial charge < -0.3 is 35.5 Å². The number of urea groups is 1. The van der Waals surface area contributed by atoms with Crippen molar-refractivity contribution in [1.29, 1.82) is 5.26 Å². The highest BCUT2D eigenvalue weighted by atomic mass is 19.1. The predicted octanol–water partition coefficient (Wildman–Crippen LogP) is 2.84. The Bertz CT molecular complexity index is 1720. The fourth-order valence-corrected chi connectivity index (χ4v) is 8.56. The van der Waals surface area contributed by atoms with Crippen LogP contribution in [0.25, 0.3) is 0 Å². The zero-order valence-corrected chi connectivity index (χ0v) is 26.5. The summed E-state index contributed by atoms with van der Waals surface area (Å²) in [6.07, 6.45) is 6.25. The maximum atomic E-state index is 14.6. The number of anilines is 2. The zero-order valence-electron chi connectivity index (χ0n) is 26.5. The molecule has 12 nitrogen and oxygen atoms in total. The number of aromatic nitrogens is 2. The first-order valence-corrected chi connectivity index (χ1v) is 16.6. The second-order valence-electron chi connectivity index (χ2n) is 13.9. The topological polar surface area (TPSA) is 154 Å². The van der Waals surface area contributed by atoms with Gasteiger partial charge in [-0.05, 0) is 55.3 Å². The Kier molecular flexibility index (Phi) is 7.30. The molecule has 7 heterocycles. The second kappa shape index (κ2) is 11.4. The van der Waals surface area contributed by atoms with Crippen molar-refractivity contribution in [3.8, 4) is 24.1 Å². The molecule has 5 saturated heterocycles. The third-order valence-electron chi connectivity index (χ3n) is 10.9. The van der Waals surface area contributed by atoms with E-state index in [2.05, 4.69) is 45.5 Å². The van der Waals surface area contributed by atoms with Gasteiger partial charge in [0.2, 0.25) is 0 Å². The predicted molar refractivity (Wildman–Crippen MR) is 169 cm³/mol. The van der Waals surface area contributed by atoms with Crippen molar-refractivity contribution < 1.29 is 23.4 Å². The first kappa shape index (κ1) is 30.0. The van der Waals surface area contributed by atoms with Crippen LogP contribution >= 0.6 is 0 Å². The molecule has 13 heteroatoms. The summed E-state index contributed by atoms with van der Waals surface area (Å²) in [6.45, 7) is 4.90. The van der Waals surface area contributed by atoms with Crippen LogP contribution in [0.15, 0.2) is 12.1 Å². The number of nitrogens with one attached hydrogen (secondary N) is 2. The minimum absolute atomic E-state index is 0.0211. The van der Waals surface area contributed by atoms with Crippen LogP contribution in [0.3, 0.4) is 0 Å². The summed E-state index contributed by atoms with van der Waals surface area (Å²) in [5, 5.41) is 16.2. The summed E-state index contributed by atoms with van der Waals surface area (Å²) in [5.41, 5.74) is 9.37. The minimum Gasteiger partial charge on any atom is -0.461 e. The van der Waals surface area contributed by atoms with Crippen molar-refractivity contribution in [2.24, 2.45) is 0 Å². The van der Waals surface area contributed by atoms with Crippen LogP contribution in [0.2, 0.25) is 0 Å². The third-order valence-corrected chi connectivity index (χ3v) is 10.9. The lowest BCUT2D eigenvalue weighted by Gasteiger charge is -2.44. The first-order valence-electron chi connectivity index (χ1n) is 16.6. The molecule has 0 saturated carbocycles. The molecular formula is C34H39FN8O4. The average Bonchev–Trinajstić information content (AvgIpc) is 3.64. The lowest BCUT2D eigenvalue weighted by Crippen LogP contribution is -2.68. The number of rotatable bonds is 4. The van der Waals surface area contributed by atoms with Crippen molar-refractivity contribution in [3.63, 3.8) is 0 Å². The fraction of sp³-hybridized carbons (Fsp3) is 0.588. The van der Waals surface area contributed by atoms with Crippen LogP contribution in [0.1, 0.15) is 79.3 Å². The molecule has 6 aliphatic rings. The number of hydrogen-bond donors (Lipinski definition) is 3. The number of nitriles is 1. The van der Waals surface area contributed by atoms with Crippen molar-refractivity contribution >= 4 is 17.5 Å². The number of epoxide rings is 1. The van der Waals surface area contributed by atoms with Crippen LogP contribution in [-0.4, -0.2) is 83.3 Å². The number of ether oxygens (including phenoxy) is 3. The van der Waals surface area contributed by atoms with E-state index < -0.39 is 11.7 Å². The number of piperidine rings is 1. The summed E-state index contributed by atoms with van der Waals surface area (Å²) >= 11 is 0. The molecular weight excluding hydrogens is 603 g/mol. The molecule has 0 aliphatic carbocycles. The molecule has 1 aromatic heterocycles. The van der Waals surface area contributed by atoms with Crippen molar-refractivity contribution in [3.05, 3.63) is 40.1 Å². The molecule has 0 radical (unpaired) electrons. The van der Waals surface area contributed by atoms with Crippen LogP contribution in [-0.2, 0) is 22.5 Å². The van der Waals surface area contributed by atoms with Crippen LogP contribution in [0, 0.1) is 23.4 Å². The van der Waals surface area contributed by atoms with Gasteiger partial charge in [-0.15, -0.1) is 0 Å². The molecule has 6 aliphatic heterocycles. The van der Waals surface area contributed by atoms with Crippen molar-refractivity contribution in [1.82, 2.24) is 25.5 Å². The SMILES string of the molecule is C[C@H]1CC#COCc2c(nc(OC[C@@]34CCCN3C[C@H](F)C4)nc2N2CCC[C@@]3(C2)NC(=O)NC2OC23)Cc2c1ccc(N)c2C#N. The molecule has 246 valence electrons. The van der Waals surface area contributed by atoms with E-state index in [9.17, 15) is 14.4 Å². The molecule has 47 heavy (non-hydrogen) atoms. The number of hydrogen-bond acceptors (Lipinski definition) is 10. The highest BCUT2D eigenvalue weighted by Gasteiger charge is 2.61. The van der Waals surface area contributed by atoms with E-state index in [4.69, 9.17) is 29.9 Å². The lowest BCUT2D eigenvalue weighted by molar-refractivity contribution is 0.107. The number of nitrogen functional groups attached to an aromatic ring is 1. The minimum atomic E-state index is -0.882. The van der Waals surface area contributed by atoms with Gasteiger partial charge in [0.25, 0.3) is 0 Å². The summed E-state index contributed by atoms with van der Waals surface area (Å²) in [4.78, 5) is 26.9. The van der Waals surface area contributed by atoms with E-state index in [-0.39, 0.29) is 49.0 Å². The van der Waals surface area contributed by atoms with Crippen LogP contribution in [0.5, 0.6) is 6.01 Å². The number of carbonyl (C=O) groups excluding carboxylic acids is 1. The Labute approximate surface area is 273 Å². The van der Waals surface area contributed by atoms with E-state index in [0.717, 1.165) is 48.9 Å². The average molecular weight is 643 g/mol. The normalized spacial score (nSPS) is 32.5. The summed E-state index contributed by atoms with van der Waals surface area (Å²) in [7, 11) is 0. The van der Waals surface area contributed by atoms with E-state index in [0.29, 0.717) is 61.7 Å². The van der Waals surface area contributed by atoms with Gasteiger partial charge in [-0.2, -0.15) is 15.2 Å². The highest BCUT2D eigenvalue weighted by Crippen LogP contribution is 2.43. The Morgan fingerprint density at radius 2 is 2.13 bits per heavy atom. The molecule has 0 bridgehead atoms. The van der Waals surface area contributed by atoms with Crippen LogP contribution < -0.4 is 26.0 Å². The summed E-state index contributed by atoms with van der Waals surface area (Å²) in [6, 6.07) is 6.02. The Balaban J connectivity index is 1.23. The quantitative estimate of drug-likeness (QED) is 0.258. The van der Waals surface area contributed by atoms with Gasteiger partial charge in [-0.25, -0.2) is 9.18 Å². The number of amides is 2. The van der Waals surface area contributed by atoms with Gasteiger partial charge >= 0.3 is 12.0 Å². The number of alkyl halides is 1.